The molecule has 0 aliphatic heterocycles. The Morgan fingerprint density at radius 1 is 1.38 bits per heavy atom. The number of hydrogen-bond acceptors (Lipinski definition) is 5. The van der Waals surface area contributed by atoms with Crippen molar-refractivity contribution in [2.75, 3.05) is 5.32 Å². The van der Waals surface area contributed by atoms with Crippen LogP contribution in [0.15, 0.2) is 17.8 Å². The van der Waals surface area contributed by atoms with Crippen molar-refractivity contribution in [1.82, 2.24) is 24.7 Å². The standard InChI is InChI=1S/C14H16N6S/c1-8-5-11(9(2)20(8)13-15-7-16-19-13)12-6-21-14(18-12)17-10-3-4-10/h5-7,10H,3-4H2,1-2H3,(H,17,18)(H,15,16,19). The van der Waals surface area contributed by atoms with Crippen LogP contribution in [-0.2, 0) is 0 Å². The summed E-state index contributed by atoms with van der Waals surface area (Å²) in [5.74, 6) is 0.739. The molecule has 0 aromatic carbocycles. The van der Waals surface area contributed by atoms with Crippen LogP contribution in [0.2, 0.25) is 0 Å². The van der Waals surface area contributed by atoms with E-state index in [0.29, 0.717) is 6.04 Å². The van der Waals surface area contributed by atoms with E-state index in [9.17, 15) is 0 Å². The maximum Gasteiger partial charge on any atom is 0.229 e. The number of nitrogens with one attached hydrogen (secondary N) is 2. The van der Waals surface area contributed by atoms with Crippen LogP contribution in [-0.4, -0.2) is 30.8 Å². The normalized spacial score (nSPS) is 14.6. The van der Waals surface area contributed by atoms with Gasteiger partial charge in [-0.1, -0.05) is 0 Å². The predicted octanol–water partition coefficient (Wildman–Crippen LogP) is 2.91. The second kappa shape index (κ2) is 4.70. The molecule has 0 radical (unpaired) electrons. The molecule has 108 valence electrons. The van der Waals surface area contributed by atoms with E-state index < -0.39 is 0 Å². The Morgan fingerprint density at radius 3 is 2.95 bits per heavy atom. The lowest BCUT2D eigenvalue weighted by molar-refractivity contribution is 0.879. The SMILES string of the molecule is Cc1cc(-c2csc(NC3CC3)n2)c(C)n1-c1ncn[nH]1. The molecule has 0 unspecified atom stereocenters. The molecular weight excluding hydrogens is 284 g/mol. The molecule has 0 amide bonds. The van der Waals surface area contributed by atoms with E-state index in [1.54, 1.807) is 11.3 Å². The van der Waals surface area contributed by atoms with Gasteiger partial charge in [-0.05, 0) is 32.8 Å². The van der Waals surface area contributed by atoms with E-state index in [2.05, 4.69) is 50.4 Å². The van der Waals surface area contributed by atoms with Crippen molar-refractivity contribution in [1.29, 1.82) is 0 Å². The van der Waals surface area contributed by atoms with Crippen molar-refractivity contribution in [3.63, 3.8) is 0 Å². The van der Waals surface area contributed by atoms with Crippen molar-refractivity contribution in [3.05, 3.63) is 29.2 Å². The molecule has 1 aliphatic carbocycles. The Kier molecular flexibility index (Phi) is 2.81. The van der Waals surface area contributed by atoms with Crippen LogP contribution in [0.4, 0.5) is 5.13 Å². The number of H-pyrrole nitrogens is 1. The van der Waals surface area contributed by atoms with Gasteiger partial charge >= 0.3 is 0 Å². The molecule has 4 rings (SSSR count). The zero-order chi connectivity index (χ0) is 14.4. The lowest BCUT2D eigenvalue weighted by Gasteiger charge is -2.04. The van der Waals surface area contributed by atoms with Gasteiger partial charge in [-0.3, -0.25) is 4.57 Å². The molecule has 6 nitrogen and oxygen atoms in total. The van der Waals surface area contributed by atoms with E-state index in [-0.39, 0.29) is 0 Å². The van der Waals surface area contributed by atoms with Crippen LogP contribution in [0.5, 0.6) is 0 Å². The minimum Gasteiger partial charge on any atom is -0.359 e. The first-order chi connectivity index (χ1) is 10.2. The molecule has 3 heterocycles. The zero-order valence-corrected chi connectivity index (χ0v) is 12.7. The Labute approximate surface area is 126 Å². The highest BCUT2D eigenvalue weighted by Crippen LogP contribution is 2.33. The van der Waals surface area contributed by atoms with Gasteiger partial charge in [0.25, 0.3) is 0 Å². The third-order valence-electron chi connectivity index (χ3n) is 3.73. The largest absolute Gasteiger partial charge is 0.359 e. The van der Waals surface area contributed by atoms with E-state index >= 15 is 0 Å². The Bertz CT molecular complexity index is 766. The fourth-order valence-corrected chi connectivity index (χ4v) is 3.31. The number of aromatic amines is 1. The predicted molar refractivity (Wildman–Crippen MR) is 82.9 cm³/mol. The third-order valence-corrected chi connectivity index (χ3v) is 4.50. The van der Waals surface area contributed by atoms with Crippen molar-refractivity contribution in [3.8, 4) is 17.2 Å². The monoisotopic (exact) mass is 300 g/mol. The van der Waals surface area contributed by atoms with Crippen LogP contribution in [0, 0.1) is 13.8 Å². The lowest BCUT2D eigenvalue weighted by Crippen LogP contribution is -2.01. The molecule has 7 heteroatoms. The van der Waals surface area contributed by atoms with Crippen LogP contribution in [0.1, 0.15) is 24.2 Å². The van der Waals surface area contributed by atoms with Crippen molar-refractivity contribution in [2.45, 2.75) is 32.7 Å². The fourth-order valence-electron chi connectivity index (χ4n) is 2.52. The summed E-state index contributed by atoms with van der Waals surface area (Å²) < 4.78 is 2.07. The molecule has 3 aromatic heterocycles. The Balaban J connectivity index is 1.71. The van der Waals surface area contributed by atoms with E-state index in [0.717, 1.165) is 33.7 Å². The lowest BCUT2D eigenvalue weighted by atomic mass is 10.2. The van der Waals surface area contributed by atoms with E-state index in [1.165, 1.54) is 19.2 Å². The number of anilines is 1. The smallest absolute Gasteiger partial charge is 0.229 e. The number of aromatic nitrogens is 5. The summed E-state index contributed by atoms with van der Waals surface area (Å²) in [6.07, 6.45) is 4.04. The molecule has 1 saturated carbocycles. The molecule has 3 aromatic rings. The van der Waals surface area contributed by atoms with Crippen molar-refractivity contribution < 1.29 is 0 Å². The summed E-state index contributed by atoms with van der Waals surface area (Å²) in [5.41, 5.74) is 4.39. The second-order valence-electron chi connectivity index (χ2n) is 5.39. The van der Waals surface area contributed by atoms with Gasteiger partial charge in [0.2, 0.25) is 5.95 Å². The van der Waals surface area contributed by atoms with Crippen LogP contribution < -0.4 is 5.32 Å². The molecule has 1 aliphatic rings. The minimum atomic E-state index is 0.630. The van der Waals surface area contributed by atoms with E-state index in [1.807, 2.05) is 0 Å². The summed E-state index contributed by atoms with van der Waals surface area (Å²) in [5, 5.41) is 13.4. The minimum absolute atomic E-state index is 0.630. The quantitative estimate of drug-likeness (QED) is 0.777. The highest BCUT2D eigenvalue weighted by atomic mass is 32.1. The molecular formula is C14H16N6S. The van der Waals surface area contributed by atoms with Gasteiger partial charge in [0.15, 0.2) is 5.13 Å². The summed E-state index contributed by atoms with van der Waals surface area (Å²) in [7, 11) is 0. The van der Waals surface area contributed by atoms with Crippen molar-refractivity contribution in [2.24, 2.45) is 0 Å². The highest BCUT2D eigenvalue weighted by Gasteiger charge is 2.22. The maximum absolute atomic E-state index is 4.71. The molecule has 0 bridgehead atoms. The zero-order valence-electron chi connectivity index (χ0n) is 11.9. The van der Waals surface area contributed by atoms with Gasteiger partial charge in [0, 0.05) is 28.4 Å². The number of rotatable bonds is 4. The molecule has 21 heavy (non-hydrogen) atoms. The summed E-state index contributed by atoms with van der Waals surface area (Å²) >= 11 is 1.67. The number of thiazole rings is 1. The molecule has 0 spiro atoms. The van der Waals surface area contributed by atoms with Crippen LogP contribution in [0.25, 0.3) is 17.2 Å². The number of aryl methyl sites for hydroxylation is 1. The van der Waals surface area contributed by atoms with Crippen LogP contribution in [0.3, 0.4) is 0 Å². The molecule has 0 atom stereocenters. The van der Waals surface area contributed by atoms with Gasteiger partial charge < -0.3 is 5.32 Å². The van der Waals surface area contributed by atoms with Gasteiger partial charge in [-0.2, -0.15) is 10.1 Å². The Morgan fingerprint density at radius 2 is 2.24 bits per heavy atom. The molecule has 2 N–H and O–H groups in total. The second-order valence-corrected chi connectivity index (χ2v) is 6.24. The molecule has 0 saturated heterocycles. The maximum atomic E-state index is 4.71. The number of hydrogen-bond donors (Lipinski definition) is 2. The number of nitrogens with zero attached hydrogens (tertiary/aromatic N) is 4. The van der Waals surface area contributed by atoms with Gasteiger partial charge in [0.1, 0.15) is 6.33 Å². The highest BCUT2D eigenvalue weighted by molar-refractivity contribution is 7.14. The average Bonchev–Trinajstić information content (AvgIpc) is 2.88. The first-order valence-electron chi connectivity index (χ1n) is 6.99. The fraction of sp³-hybridized carbons (Fsp3) is 0.357. The van der Waals surface area contributed by atoms with E-state index in [4.69, 9.17) is 4.98 Å². The Hall–Kier alpha value is -2.15. The topological polar surface area (TPSA) is 71.4 Å². The van der Waals surface area contributed by atoms with Gasteiger partial charge in [-0.25, -0.2) is 10.1 Å². The summed E-state index contributed by atoms with van der Waals surface area (Å²) in [4.78, 5) is 8.94. The first-order valence-corrected chi connectivity index (χ1v) is 7.87. The average molecular weight is 300 g/mol. The summed E-state index contributed by atoms with van der Waals surface area (Å²) in [6, 6.07) is 2.78. The first kappa shape index (κ1) is 12.6. The third kappa shape index (κ3) is 2.23. The van der Waals surface area contributed by atoms with Gasteiger partial charge in [-0.15, -0.1) is 11.3 Å². The van der Waals surface area contributed by atoms with Gasteiger partial charge in [0.05, 0.1) is 5.69 Å². The van der Waals surface area contributed by atoms with Crippen LogP contribution >= 0.6 is 11.3 Å². The van der Waals surface area contributed by atoms with Crippen molar-refractivity contribution >= 4 is 16.5 Å². The summed E-state index contributed by atoms with van der Waals surface area (Å²) in [6.45, 7) is 4.15. The molecule has 1 fully saturated rings.